The first-order chi connectivity index (χ1) is 15.6. The van der Waals surface area contributed by atoms with Gasteiger partial charge in [-0.2, -0.15) is 0 Å². The molecule has 6 heteroatoms. The molecule has 3 aromatic carbocycles. The topological polar surface area (TPSA) is 66.9 Å². The second-order valence-corrected chi connectivity index (χ2v) is 7.71. The molecule has 1 heterocycles. The monoisotopic (exact) mass is 428 g/mol. The van der Waals surface area contributed by atoms with Crippen LogP contribution in [-0.4, -0.2) is 47.3 Å². The van der Waals surface area contributed by atoms with Crippen molar-refractivity contribution in [2.75, 3.05) is 13.7 Å². The molecule has 0 spiro atoms. The molecule has 4 rings (SSSR count). The quantitative estimate of drug-likeness (QED) is 0.406. The summed E-state index contributed by atoms with van der Waals surface area (Å²) < 4.78 is 5.01. The number of hydrogen-bond donors (Lipinski definition) is 0. The molecule has 6 nitrogen and oxygen atoms in total. The van der Waals surface area contributed by atoms with Crippen molar-refractivity contribution in [1.82, 2.24) is 9.80 Å². The van der Waals surface area contributed by atoms with Crippen molar-refractivity contribution < 1.29 is 19.1 Å². The zero-order valence-electron chi connectivity index (χ0n) is 17.8. The van der Waals surface area contributed by atoms with Crippen LogP contribution in [0.1, 0.15) is 31.8 Å². The molecular formula is C26H24N2O4. The zero-order valence-corrected chi connectivity index (χ0v) is 17.8. The Labute approximate surface area is 187 Å². The maximum Gasteiger partial charge on any atom is 0.330 e. The summed E-state index contributed by atoms with van der Waals surface area (Å²) in [5.41, 5.74) is 2.75. The minimum Gasteiger partial charge on any atom is -0.467 e. The fraction of sp³-hybridized carbons (Fsp3) is 0.192. The van der Waals surface area contributed by atoms with Crippen LogP contribution in [0.25, 0.3) is 0 Å². The molecule has 0 bridgehead atoms. The molecule has 1 atom stereocenters. The molecule has 0 aliphatic carbocycles. The Morgan fingerprint density at radius 2 is 1.22 bits per heavy atom. The molecule has 1 aliphatic heterocycles. The molecular weight excluding hydrogens is 404 g/mol. The number of rotatable bonds is 8. The number of benzene rings is 3. The molecule has 0 fully saturated rings. The summed E-state index contributed by atoms with van der Waals surface area (Å²) in [6.45, 7) is 1.25. The van der Waals surface area contributed by atoms with Crippen LogP contribution in [0.3, 0.4) is 0 Å². The largest absolute Gasteiger partial charge is 0.467 e. The minimum absolute atomic E-state index is 0.155. The van der Waals surface area contributed by atoms with Crippen LogP contribution in [0.15, 0.2) is 84.9 Å². The van der Waals surface area contributed by atoms with E-state index < -0.39 is 23.8 Å². The van der Waals surface area contributed by atoms with Gasteiger partial charge in [0.1, 0.15) is 0 Å². The van der Waals surface area contributed by atoms with Crippen LogP contribution < -0.4 is 0 Å². The van der Waals surface area contributed by atoms with E-state index in [1.165, 1.54) is 7.11 Å². The number of methoxy groups -OCH3 is 1. The SMILES string of the molecule is COC(=O)[C@H](CN(Cc1ccccc1)Cc1ccccc1)N1C(=O)c2ccccc2C1=O. The van der Waals surface area contributed by atoms with Gasteiger partial charge in [0.15, 0.2) is 6.04 Å². The Bertz CT molecular complexity index is 1040. The third-order valence-corrected chi connectivity index (χ3v) is 5.54. The Morgan fingerprint density at radius 3 is 1.66 bits per heavy atom. The number of carbonyl (C=O) groups excluding carboxylic acids is 3. The number of hydrogen-bond acceptors (Lipinski definition) is 5. The van der Waals surface area contributed by atoms with Gasteiger partial charge in [-0.3, -0.25) is 19.4 Å². The predicted molar refractivity (Wildman–Crippen MR) is 120 cm³/mol. The van der Waals surface area contributed by atoms with Gasteiger partial charge in [-0.05, 0) is 23.3 Å². The maximum atomic E-state index is 13.0. The number of nitrogens with zero attached hydrogens (tertiary/aromatic N) is 2. The molecule has 3 aromatic rings. The summed E-state index contributed by atoms with van der Waals surface area (Å²) in [4.78, 5) is 42.0. The van der Waals surface area contributed by atoms with E-state index in [9.17, 15) is 14.4 Å². The van der Waals surface area contributed by atoms with E-state index in [0.29, 0.717) is 24.2 Å². The predicted octanol–water partition coefficient (Wildman–Crippen LogP) is 3.53. The second kappa shape index (κ2) is 9.58. The summed E-state index contributed by atoms with van der Waals surface area (Å²) in [7, 11) is 1.27. The van der Waals surface area contributed by atoms with Gasteiger partial charge in [-0.25, -0.2) is 4.79 Å². The fourth-order valence-corrected chi connectivity index (χ4v) is 4.00. The van der Waals surface area contributed by atoms with Crippen molar-refractivity contribution >= 4 is 17.8 Å². The van der Waals surface area contributed by atoms with Gasteiger partial charge in [0.25, 0.3) is 11.8 Å². The molecule has 0 saturated carbocycles. The number of fused-ring (bicyclic) bond motifs is 1. The molecule has 0 radical (unpaired) electrons. The van der Waals surface area contributed by atoms with E-state index in [2.05, 4.69) is 4.90 Å². The van der Waals surface area contributed by atoms with Crippen molar-refractivity contribution in [3.05, 3.63) is 107 Å². The molecule has 2 amide bonds. The smallest absolute Gasteiger partial charge is 0.330 e. The lowest BCUT2D eigenvalue weighted by molar-refractivity contribution is -0.146. The second-order valence-electron chi connectivity index (χ2n) is 7.71. The van der Waals surface area contributed by atoms with Crippen LogP contribution in [0.5, 0.6) is 0 Å². The lowest BCUT2D eigenvalue weighted by atomic mass is 10.1. The van der Waals surface area contributed by atoms with Crippen molar-refractivity contribution in [1.29, 1.82) is 0 Å². The maximum absolute atomic E-state index is 13.0. The van der Waals surface area contributed by atoms with Gasteiger partial charge in [0.05, 0.1) is 18.2 Å². The van der Waals surface area contributed by atoms with E-state index in [0.717, 1.165) is 16.0 Å². The Balaban J connectivity index is 1.64. The Hall–Kier alpha value is -3.77. The van der Waals surface area contributed by atoms with Gasteiger partial charge < -0.3 is 4.74 Å². The first-order valence-electron chi connectivity index (χ1n) is 10.4. The van der Waals surface area contributed by atoms with E-state index in [1.54, 1.807) is 24.3 Å². The lowest BCUT2D eigenvalue weighted by Crippen LogP contribution is -2.51. The number of ether oxygens (including phenoxy) is 1. The highest BCUT2D eigenvalue weighted by Gasteiger charge is 2.43. The summed E-state index contributed by atoms with van der Waals surface area (Å²) in [6, 6.07) is 25.3. The van der Waals surface area contributed by atoms with Crippen LogP contribution in [0.2, 0.25) is 0 Å². The lowest BCUT2D eigenvalue weighted by Gasteiger charge is -2.30. The van der Waals surface area contributed by atoms with E-state index >= 15 is 0 Å². The van der Waals surface area contributed by atoms with Gasteiger partial charge in [-0.1, -0.05) is 72.8 Å². The third kappa shape index (κ3) is 4.45. The average molecular weight is 428 g/mol. The molecule has 162 valence electrons. The highest BCUT2D eigenvalue weighted by Crippen LogP contribution is 2.26. The first-order valence-corrected chi connectivity index (χ1v) is 10.4. The van der Waals surface area contributed by atoms with Gasteiger partial charge >= 0.3 is 5.97 Å². The highest BCUT2D eigenvalue weighted by atomic mass is 16.5. The Kier molecular flexibility index (Phi) is 6.42. The highest BCUT2D eigenvalue weighted by molar-refractivity contribution is 6.22. The van der Waals surface area contributed by atoms with Crippen molar-refractivity contribution in [2.24, 2.45) is 0 Å². The van der Waals surface area contributed by atoms with Gasteiger partial charge in [-0.15, -0.1) is 0 Å². The third-order valence-electron chi connectivity index (χ3n) is 5.54. The summed E-state index contributed by atoms with van der Waals surface area (Å²) in [5.74, 6) is -1.56. The minimum atomic E-state index is -1.06. The molecule has 0 N–H and O–H groups in total. The van der Waals surface area contributed by atoms with Crippen molar-refractivity contribution in [3.63, 3.8) is 0 Å². The molecule has 0 aromatic heterocycles. The van der Waals surface area contributed by atoms with Gasteiger partial charge in [0.2, 0.25) is 0 Å². The van der Waals surface area contributed by atoms with Crippen molar-refractivity contribution in [2.45, 2.75) is 19.1 Å². The summed E-state index contributed by atoms with van der Waals surface area (Å²) >= 11 is 0. The van der Waals surface area contributed by atoms with E-state index in [-0.39, 0.29) is 6.54 Å². The van der Waals surface area contributed by atoms with Crippen molar-refractivity contribution in [3.8, 4) is 0 Å². The van der Waals surface area contributed by atoms with E-state index in [1.807, 2.05) is 60.7 Å². The Morgan fingerprint density at radius 1 is 0.781 bits per heavy atom. The fourth-order valence-electron chi connectivity index (χ4n) is 4.00. The first kappa shape index (κ1) is 21.5. The number of esters is 1. The number of carbonyl (C=O) groups is 3. The number of amides is 2. The molecule has 32 heavy (non-hydrogen) atoms. The number of imide groups is 1. The molecule has 0 unspecified atom stereocenters. The molecule has 0 saturated heterocycles. The van der Waals surface area contributed by atoms with Crippen LogP contribution in [-0.2, 0) is 22.6 Å². The zero-order chi connectivity index (χ0) is 22.5. The normalized spacial score (nSPS) is 13.9. The van der Waals surface area contributed by atoms with Crippen LogP contribution in [0, 0.1) is 0 Å². The molecule has 1 aliphatic rings. The van der Waals surface area contributed by atoms with Crippen LogP contribution >= 0.6 is 0 Å². The standard InChI is InChI=1S/C26H24N2O4/c1-32-26(31)23(28-24(29)21-14-8-9-15-22(21)25(28)30)18-27(16-19-10-4-2-5-11-19)17-20-12-6-3-7-13-20/h2-15,23H,16-18H2,1H3/t23-/m0/s1. The van der Waals surface area contributed by atoms with Gasteiger partial charge in [0, 0.05) is 19.6 Å². The average Bonchev–Trinajstić information content (AvgIpc) is 3.08. The summed E-state index contributed by atoms with van der Waals surface area (Å²) in [6.07, 6.45) is 0. The summed E-state index contributed by atoms with van der Waals surface area (Å²) in [5, 5.41) is 0. The van der Waals surface area contributed by atoms with E-state index in [4.69, 9.17) is 4.74 Å². The van der Waals surface area contributed by atoms with Crippen LogP contribution in [0.4, 0.5) is 0 Å².